The molecule has 5 rings (SSSR count). The van der Waals surface area contributed by atoms with Gasteiger partial charge in [-0.15, -0.1) is 0 Å². The molecule has 1 fully saturated rings. The predicted octanol–water partition coefficient (Wildman–Crippen LogP) is 6.24. The summed E-state index contributed by atoms with van der Waals surface area (Å²) in [4.78, 5) is 29.8. The molecule has 0 saturated heterocycles. The number of carbonyl (C=O) groups excluding carboxylic acids is 2. The molecule has 2 amide bonds. The minimum Gasteiger partial charge on any atom is -0.497 e. The van der Waals surface area contributed by atoms with E-state index in [-0.39, 0.29) is 23.9 Å². The number of amides is 2. The van der Waals surface area contributed by atoms with E-state index in [1.54, 1.807) is 31.4 Å². The highest BCUT2D eigenvalue weighted by Gasteiger charge is 2.41. The second-order valence-electron chi connectivity index (χ2n) is 11.4. The number of aromatic nitrogens is 2. The molecule has 0 spiro atoms. The van der Waals surface area contributed by atoms with Crippen LogP contribution >= 0.6 is 0 Å². The third kappa shape index (κ3) is 6.32. The lowest BCUT2D eigenvalue weighted by atomic mass is 9.95. The molecule has 2 aliphatic carbocycles. The van der Waals surface area contributed by atoms with E-state index in [0.29, 0.717) is 35.5 Å². The monoisotopic (exact) mass is 582 g/mol. The summed E-state index contributed by atoms with van der Waals surface area (Å²) in [6, 6.07) is 11.5. The first-order chi connectivity index (χ1) is 20.0. The Hall–Kier alpha value is -3.82. The molecular weight excluding hydrogens is 545 g/mol. The van der Waals surface area contributed by atoms with Gasteiger partial charge in [-0.1, -0.05) is 31.0 Å². The first-order valence-corrected chi connectivity index (χ1v) is 14.6. The first kappa shape index (κ1) is 29.7. The second kappa shape index (κ2) is 12.2. The van der Waals surface area contributed by atoms with Gasteiger partial charge in [0.2, 0.25) is 11.8 Å². The van der Waals surface area contributed by atoms with Crippen LogP contribution in [-0.2, 0) is 35.2 Å². The third-order valence-corrected chi connectivity index (χ3v) is 8.20. The quantitative estimate of drug-likeness (QED) is 0.341. The molecular formula is C32H37F3N4O3. The Balaban J connectivity index is 1.60. The molecule has 0 radical (unpaired) electrons. The van der Waals surface area contributed by atoms with Crippen molar-refractivity contribution in [1.29, 1.82) is 0 Å². The number of benzene rings is 2. The van der Waals surface area contributed by atoms with Crippen LogP contribution in [-0.4, -0.2) is 34.7 Å². The van der Waals surface area contributed by atoms with Crippen molar-refractivity contribution in [2.75, 3.05) is 12.0 Å². The fourth-order valence-electron chi connectivity index (χ4n) is 6.31. The fraction of sp³-hybridized carbons (Fsp3) is 0.469. The zero-order valence-electron chi connectivity index (χ0n) is 24.3. The second-order valence-corrected chi connectivity index (χ2v) is 11.4. The number of aryl methyl sites for hydroxylation is 2. The van der Waals surface area contributed by atoms with Crippen LogP contribution in [0.1, 0.15) is 78.2 Å². The summed E-state index contributed by atoms with van der Waals surface area (Å²) in [7, 11) is 1.55. The number of ether oxygens (including phenoxy) is 1. The van der Waals surface area contributed by atoms with E-state index in [1.807, 2.05) is 32.0 Å². The largest absolute Gasteiger partial charge is 0.497 e. The summed E-state index contributed by atoms with van der Waals surface area (Å²) in [5, 5.41) is 7.07. The normalized spacial score (nSPS) is 16.1. The summed E-state index contributed by atoms with van der Waals surface area (Å²) >= 11 is 0. The number of nitrogens with one attached hydrogen (secondary N) is 1. The molecule has 1 N–H and O–H groups in total. The molecule has 10 heteroatoms. The predicted molar refractivity (Wildman–Crippen MR) is 153 cm³/mol. The number of halogens is 3. The maximum atomic E-state index is 14.3. The Morgan fingerprint density at radius 1 is 1.02 bits per heavy atom. The number of nitrogens with zero attached hydrogens (tertiary/aromatic N) is 3. The smallest absolute Gasteiger partial charge is 0.435 e. The lowest BCUT2D eigenvalue weighted by Crippen LogP contribution is -2.47. The van der Waals surface area contributed by atoms with Crippen molar-refractivity contribution in [1.82, 2.24) is 15.1 Å². The number of hydrogen-bond acceptors (Lipinski definition) is 4. The SMILES string of the molecule is COc1ccc([C@@H](C(=O)NC2CCCC2)N(C(=O)Cn2nc(C(F)(F)F)c3c2CCCC3)c2cc(C)cc(C)c2)cc1. The Labute approximate surface area is 244 Å². The van der Waals surface area contributed by atoms with E-state index in [1.165, 1.54) is 9.58 Å². The van der Waals surface area contributed by atoms with Gasteiger partial charge in [-0.3, -0.25) is 19.2 Å². The highest BCUT2D eigenvalue weighted by molar-refractivity contribution is 6.01. The van der Waals surface area contributed by atoms with Crippen LogP contribution < -0.4 is 15.0 Å². The van der Waals surface area contributed by atoms with Gasteiger partial charge >= 0.3 is 6.18 Å². The molecule has 1 atom stereocenters. The standard InChI is InChI=1S/C32H37F3N4O3/c1-20-16-21(2)18-24(17-20)39(28(40)19-38-27-11-7-6-10-26(27)30(37-38)32(33,34)35)29(22-12-14-25(42-3)15-13-22)31(41)36-23-8-4-5-9-23/h12-18,23,29H,4-11,19H2,1-3H3,(H,36,41)/t29-/m0/s1. The van der Waals surface area contributed by atoms with E-state index in [9.17, 15) is 22.8 Å². The Bertz CT molecular complexity index is 1420. The van der Waals surface area contributed by atoms with Crippen LogP contribution in [0.3, 0.4) is 0 Å². The zero-order valence-corrected chi connectivity index (χ0v) is 24.3. The highest BCUT2D eigenvalue weighted by atomic mass is 19.4. The van der Waals surface area contributed by atoms with Crippen molar-refractivity contribution in [3.05, 3.63) is 76.1 Å². The van der Waals surface area contributed by atoms with Gasteiger partial charge in [0.1, 0.15) is 18.3 Å². The van der Waals surface area contributed by atoms with Gasteiger partial charge in [0.05, 0.1) is 7.11 Å². The van der Waals surface area contributed by atoms with Crippen LogP contribution in [0, 0.1) is 13.8 Å². The average molecular weight is 583 g/mol. The van der Waals surface area contributed by atoms with Gasteiger partial charge in [-0.2, -0.15) is 18.3 Å². The summed E-state index contributed by atoms with van der Waals surface area (Å²) in [5.74, 6) is -0.258. The zero-order chi connectivity index (χ0) is 30.0. The molecule has 7 nitrogen and oxygen atoms in total. The molecule has 0 aliphatic heterocycles. The number of carbonyl (C=O) groups is 2. The summed E-state index contributed by atoms with van der Waals surface area (Å²) in [6.07, 6.45) is 1.20. The van der Waals surface area contributed by atoms with Crippen LogP contribution in [0.2, 0.25) is 0 Å². The van der Waals surface area contributed by atoms with Gasteiger partial charge < -0.3 is 10.1 Å². The van der Waals surface area contributed by atoms with Gasteiger partial charge in [0.15, 0.2) is 5.69 Å². The van der Waals surface area contributed by atoms with Gasteiger partial charge in [-0.05, 0) is 93.3 Å². The average Bonchev–Trinajstić information content (AvgIpc) is 3.59. The van der Waals surface area contributed by atoms with E-state index in [4.69, 9.17) is 4.74 Å². The molecule has 2 aromatic carbocycles. The van der Waals surface area contributed by atoms with Crippen molar-refractivity contribution in [3.8, 4) is 5.75 Å². The number of fused-ring (bicyclic) bond motifs is 1. The van der Waals surface area contributed by atoms with Crippen molar-refractivity contribution in [2.45, 2.75) is 90.0 Å². The minimum atomic E-state index is -4.62. The molecule has 1 heterocycles. The van der Waals surface area contributed by atoms with Crippen molar-refractivity contribution in [2.24, 2.45) is 0 Å². The maximum absolute atomic E-state index is 14.3. The maximum Gasteiger partial charge on any atom is 0.435 e. The Morgan fingerprint density at radius 3 is 2.29 bits per heavy atom. The van der Waals surface area contributed by atoms with Crippen molar-refractivity contribution in [3.63, 3.8) is 0 Å². The van der Waals surface area contributed by atoms with Crippen molar-refractivity contribution >= 4 is 17.5 Å². The van der Waals surface area contributed by atoms with Crippen LogP contribution in [0.15, 0.2) is 42.5 Å². The summed E-state index contributed by atoms with van der Waals surface area (Å²) in [6.45, 7) is 3.38. The topological polar surface area (TPSA) is 76.5 Å². The number of anilines is 1. The fourth-order valence-corrected chi connectivity index (χ4v) is 6.31. The molecule has 2 aliphatic rings. The van der Waals surface area contributed by atoms with E-state index >= 15 is 0 Å². The van der Waals surface area contributed by atoms with E-state index in [0.717, 1.165) is 43.2 Å². The lowest BCUT2D eigenvalue weighted by molar-refractivity contribution is -0.142. The number of hydrogen-bond donors (Lipinski definition) is 1. The highest BCUT2D eigenvalue weighted by Crippen LogP contribution is 2.37. The van der Waals surface area contributed by atoms with Gasteiger partial charge in [0.25, 0.3) is 0 Å². The lowest BCUT2D eigenvalue weighted by Gasteiger charge is -2.33. The van der Waals surface area contributed by atoms with Crippen LogP contribution in [0.25, 0.3) is 0 Å². The van der Waals surface area contributed by atoms with Gasteiger partial charge in [-0.25, -0.2) is 0 Å². The molecule has 1 saturated carbocycles. The third-order valence-electron chi connectivity index (χ3n) is 8.20. The number of methoxy groups -OCH3 is 1. The first-order valence-electron chi connectivity index (χ1n) is 14.6. The Morgan fingerprint density at radius 2 is 1.67 bits per heavy atom. The van der Waals surface area contributed by atoms with E-state index in [2.05, 4.69) is 10.4 Å². The molecule has 42 heavy (non-hydrogen) atoms. The molecule has 0 bridgehead atoms. The minimum absolute atomic E-state index is 0.00178. The summed E-state index contributed by atoms with van der Waals surface area (Å²) in [5.41, 5.74) is 2.54. The van der Waals surface area contributed by atoms with Crippen molar-refractivity contribution < 1.29 is 27.5 Å². The van der Waals surface area contributed by atoms with E-state index < -0.39 is 30.4 Å². The number of rotatable bonds is 8. The molecule has 3 aromatic rings. The number of alkyl halides is 3. The summed E-state index contributed by atoms with van der Waals surface area (Å²) < 4.78 is 48.3. The molecule has 0 unspecified atom stereocenters. The van der Waals surface area contributed by atoms with Crippen LogP contribution in [0.5, 0.6) is 5.75 Å². The molecule has 224 valence electrons. The molecule has 1 aromatic heterocycles. The van der Waals surface area contributed by atoms with Crippen LogP contribution in [0.4, 0.5) is 18.9 Å². The van der Waals surface area contributed by atoms with Gasteiger partial charge in [0, 0.05) is 23.0 Å². The Kier molecular flexibility index (Phi) is 8.61.